The highest BCUT2D eigenvalue weighted by atomic mass is 31.2. The molecule has 0 spiro atoms. The molecule has 0 amide bonds. The van der Waals surface area contributed by atoms with Crippen LogP contribution in [0.2, 0.25) is 0 Å². The molecule has 1 heterocycles. The molecular weight excluding hydrogens is 403 g/mol. The van der Waals surface area contributed by atoms with Crippen molar-refractivity contribution in [2.45, 2.75) is 129 Å². The fourth-order valence-corrected chi connectivity index (χ4v) is 5.39. The first-order chi connectivity index (χ1) is 14.5. The van der Waals surface area contributed by atoms with Crippen LogP contribution in [0, 0.1) is 0 Å². The minimum absolute atomic E-state index is 0.122. The highest BCUT2D eigenvalue weighted by Crippen LogP contribution is 2.59. The number of rotatable bonds is 19. The number of carbonyl (C=O) groups is 1. The molecule has 0 aliphatic carbocycles. The molecule has 178 valence electrons. The van der Waals surface area contributed by atoms with Crippen molar-refractivity contribution in [2.24, 2.45) is 0 Å². The van der Waals surface area contributed by atoms with Crippen molar-refractivity contribution in [3.05, 3.63) is 0 Å². The van der Waals surface area contributed by atoms with Crippen molar-refractivity contribution in [3.8, 4) is 0 Å². The van der Waals surface area contributed by atoms with Crippen LogP contribution < -0.4 is 0 Å². The molecule has 1 aliphatic heterocycles. The first-order valence-electron chi connectivity index (χ1n) is 12.2. The summed E-state index contributed by atoms with van der Waals surface area (Å²) in [5.41, 5.74) is 0. The van der Waals surface area contributed by atoms with Crippen molar-refractivity contribution in [1.29, 1.82) is 0 Å². The largest absolute Gasteiger partial charge is 0.475 e. The number of hydrogen-bond acceptors (Lipinski definition) is 6. The maximum atomic E-state index is 12.8. The Morgan fingerprint density at radius 3 is 1.80 bits per heavy atom. The Labute approximate surface area is 184 Å². The van der Waals surface area contributed by atoms with Gasteiger partial charge in [-0.1, -0.05) is 84.5 Å². The van der Waals surface area contributed by atoms with Crippen LogP contribution in [0.25, 0.3) is 0 Å². The molecule has 30 heavy (non-hydrogen) atoms. The summed E-state index contributed by atoms with van der Waals surface area (Å²) < 4.78 is 34.7. The second kappa shape index (κ2) is 17.2. The molecule has 0 radical (unpaired) electrons. The quantitative estimate of drug-likeness (QED) is 0.117. The number of unbranched alkanes of at least 4 members (excludes halogenated alkanes) is 10. The average Bonchev–Trinajstić information content (AvgIpc) is 3.05. The molecule has 6 nitrogen and oxygen atoms in total. The van der Waals surface area contributed by atoms with E-state index in [4.69, 9.17) is 13.6 Å². The van der Waals surface area contributed by atoms with Crippen LogP contribution in [0.4, 0.5) is 0 Å². The summed E-state index contributed by atoms with van der Waals surface area (Å²) in [5.74, 6) is -0.136. The van der Waals surface area contributed by atoms with Crippen molar-refractivity contribution in [2.75, 3.05) is 13.7 Å². The van der Waals surface area contributed by atoms with Crippen LogP contribution in [0.15, 0.2) is 0 Å². The summed E-state index contributed by atoms with van der Waals surface area (Å²) in [4.78, 5) is 11.1. The summed E-state index contributed by atoms with van der Waals surface area (Å²) in [6.45, 7) is 4.72. The van der Waals surface area contributed by atoms with Gasteiger partial charge in [0, 0.05) is 6.42 Å². The molecule has 0 N–H and O–H groups in total. The van der Waals surface area contributed by atoms with Crippen LogP contribution >= 0.6 is 7.82 Å². The Bertz CT molecular complexity index is 484. The van der Waals surface area contributed by atoms with Gasteiger partial charge >= 0.3 is 13.8 Å². The highest BCUT2D eigenvalue weighted by Gasteiger charge is 2.45. The monoisotopic (exact) mass is 448 g/mol. The molecule has 1 fully saturated rings. The SMILES string of the molecule is CCCCCCCCC1OP(=O)(OCCCC)OC1CCCCCCCC(=O)OC. The normalized spacial score (nSPS) is 23.7. The summed E-state index contributed by atoms with van der Waals surface area (Å²) in [6, 6.07) is 0. The molecule has 1 aliphatic rings. The molecule has 0 saturated carbocycles. The maximum Gasteiger partial charge on any atom is 0.475 e. The van der Waals surface area contributed by atoms with Gasteiger partial charge in [-0.3, -0.25) is 18.4 Å². The Balaban J connectivity index is 2.34. The minimum Gasteiger partial charge on any atom is -0.469 e. The van der Waals surface area contributed by atoms with E-state index in [-0.39, 0.29) is 18.2 Å². The lowest BCUT2D eigenvalue weighted by atomic mass is 9.99. The topological polar surface area (TPSA) is 71.1 Å². The first kappa shape index (κ1) is 27.6. The Morgan fingerprint density at radius 2 is 1.27 bits per heavy atom. The predicted molar refractivity (Wildman–Crippen MR) is 121 cm³/mol. The van der Waals surface area contributed by atoms with E-state index < -0.39 is 7.82 Å². The number of methoxy groups -OCH3 is 1. The van der Waals surface area contributed by atoms with E-state index in [0.29, 0.717) is 13.0 Å². The number of phosphoric acid groups is 1. The van der Waals surface area contributed by atoms with Gasteiger partial charge < -0.3 is 4.74 Å². The second-order valence-corrected chi connectivity index (χ2v) is 9.93. The second-order valence-electron chi connectivity index (χ2n) is 8.36. The van der Waals surface area contributed by atoms with Gasteiger partial charge in [0.2, 0.25) is 0 Å². The first-order valence-corrected chi connectivity index (χ1v) is 13.7. The van der Waals surface area contributed by atoms with Crippen molar-refractivity contribution >= 4 is 13.8 Å². The van der Waals surface area contributed by atoms with Gasteiger partial charge in [0.05, 0.1) is 25.9 Å². The van der Waals surface area contributed by atoms with E-state index in [2.05, 4.69) is 18.6 Å². The molecule has 0 aromatic heterocycles. The number of phosphoric ester groups is 1. The summed E-state index contributed by atoms with van der Waals surface area (Å²) in [7, 11) is -1.98. The third-order valence-corrected chi connectivity index (χ3v) is 7.19. The molecular formula is C23H45O6P. The molecule has 0 bridgehead atoms. The summed E-state index contributed by atoms with van der Waals surface area (Å²) in [6.07, 6.45) is 16.2. The fourth-order valence-electron chi connectivity index (χ4n) is 3.72. The number of carbonyl (C=O) groups excluding carboxylic acids is 1. The van der Waals surface area contributed by atoms with Crippen molar-refractivity contribution < 1.29 is 27.7 Å². The predicted octanol–water partition coefficient (Wildman–Crippen LogP) is 7.35. The zero-order valence-electron chi connectivity index (χ0n) is 19.6. The van der Waals surface area contributed by atoms with E-state index in [9.17, 15) is 9.36 Å². The number of ether oxygens (including phenoxy) is 1. The van der Waals surface area contributed by atoms with Gasteiger partial charge in [-0.05, 0) is 25.7 Å². The van der Waals surface area contributed by atoms with E-state index in [0.717, 1.165) is 64.2 Å². The van der Waals surface area contributed by atoms with Gasteiger partial charge in [0.15, 0.2) is 0 Å². The number of hydrogen-bond donors (Lipinski definition) is 0. The lowest BCUT2D eigenvalue weighted by Crippen LogP contribution is -2.22. The zero-order chi connectivity index (χ0) is 22.1. The zero-order valence-corrected chi connectivity index (χ0v) is 20.5. The van der Waals surface area contributed by atoms with E-state index in [1.165, 1.54) is 39.2 Å². The molecule has 7 heteroatoms. The third kappa shape index (κ3) is 12.4. The van der Waals surface area contributed by atoms with Crippen LogP contribution in [0.1, 0.15) is 117 Å². The third-order valence-electron chi connectivity index (χ3n) is 5.63. The fraction of sp³-hybridized carbons (Fsp3) is 0.957. The van der Waals surface area contributed by atoms with Gasteiger partial charge in [-0.25, -0.2) is 4.57 Å². The van der Waals surface area contributed by atoms with Crippen LogP contribution in [0.5, 0.6) is 0 Å². The van der Waals surface area contributed by atoms with Gasteiger partial charge in [-0.2, -0.15) is 0 Å². The molecule has 3 unspecified atom stereocenters. The van der Waals surface area contributed by atoms with Crippen molar-refractivity contribution in [1.82, 2.24) is 0 Å². The Morgan fingerprint density at radius 1 is 0.767 bits per heavy atom. The van der Waals surface area contributed by atoms with E-state index in [1.807, 2.05) is 0 Å². The lowest BCUT2D eigenvalue weighted by Gasteiger charge is -2.15. The van der Waals surface area contributed by atoms with Crippen molar-refractivity contribution in [3.63, 3.8) is 0 Å². The van der Waals surface area contributed by atoms with Gasteiger partial charge in [0.25, 0.3) is 0 Å². The standard InChI is InChI=1S/C23H45O6P/c1-4-6-8-9-11-14-17-21-22(29-30(25,28-21)27-20-7-5-2)18-15-12-10-13-16-19-23(24)26-3/h21-22H,4-20H2,1-3H3. The maximum absolute atomic E-state index is 12.8. The smallest absolute Gasteiger partial charge is 0.469 e. The highest BCUT2D eigenvalue weighted by molar-refractivity contribution is 7.48. The van der Waals surface area contributed by atoms with Crippen LogP contribution in [0.3, 0.4) is 0 Å². The molecule has 1 rings (SSSR count). The van der Waals surface area contributed by atoms with Crippen LogP contribution in [-0.2, 0) is 27.7 Å². The Hall–Kier alpha value is -0.420. The molecule has 3 atom stereocenters. The van der Waals surface area contributed by atoms with Crippen LogP contribution in [-0.4, -0.2) is 31.9 Å². The average molecular weight is 449 g/mol. The lowest BCUT2D eigenvalue weighted by molar-refractivity contribution is -0.140. The van der Waals surface area contributed by atoms with Gasteiger partial charge in [0.1, 0.15) is 0 Å². The van der Waals surface area contributed by atoms with Gasteiger partial charge in [-0.15, -0.1) is 0 Å². The molecule has 0 aromatic rings. The minimum atomic E-state index is -3.41. The van der Waals surface area contributed by atoms with E-state index >= 15 is 0 Å². The van der Waals surface area contributed by atoms with E-state index in [1.54, 1.807) is 0 Å². The molecule has 0 aromatic carbocycles. The number of esters is 1. The Kier molecular flexibility index (Phi) is 15.8. The summed E-state index contributed by atoms with van der Waals surface area (Å²) >= 11 is 0. The molecule has 1 saturated heterocycles. The summed E-state index contributed by atoms with van der Waals surface area (Å²) in [5, 5.41) is 0.